The molecule has 0 radical (unpaired) electrons. The van der Waals surface area contributed by atoms with E-state index in [1.807, 2.05) is 25.1 Å². The zero-order chi connectivity index (χ0) is 14.5. The van der Waals surface area contributed by atoms with Crippen LogP contribution in [0.2, 0.25) is 0 Å². The lowest BCUT2D eigenvalue weighted by atomic mass is 9.95. The second-order valence-corrected chi connectivity index (χ2v) is 5.65. The second-order valence-electron chi connectivity index (χ2n) is 5.65. The molecule has 0 bridgehead atoms. The Hall–Kier alpha value is -1.80. The summed E-state index contributed by atoms with van der Waals surface area (Å²) in [5.41, 5.74) is 3.40. The Kier molecular flexibility index (Phi) is 4.80. The van der Waals surface area contributed by atoms with Crippen LogP contribution in [0.4, 0.5) is 0 Å². The maximum atomic E-state index is 9.92. The van der Waals surface area contributed by atoms with E-state index in [1.54, 1.807) is 6.07 Å². The van der Waals surface area contributed by atoms with Gasteiger partial charge >= 0.3 is 0 Å². The number of phenols is 1. The summed E-state index contributed by atoms with van der Waals surface area (Å²) in [5, 5.41) is 13.5. The van der Waals surface area contributed by atoms with Crippen molar-refractivity contribution in [2.24, 2.45) is 5.92 Å². The first kappa shape index (κ1) is 14.6. The van der Waals surface area contributed by atoms with Crippen LogP contribution in [0.25, 0.3) is 0 Å². The van der Waals surface area contributed by atoms with E-state index in [9.17, 15) is 5.11 Å². The lowest BCUT2D eigenvalue weighted by Crippen LogP contribution is -2.25. The molecule has 1 atom stereocenters. The quantitative estimate of drug-likeness (QED) is 0.853. The number of benzene rings is 2. The van der Waals surface area contributed by atoms with Crippen molar-refractivity contribution in [3.05, 3.63) is 65.2 Å². The Balaban J connectivity index is 2.12. The molecule has 2 nitrogen and oxygen atoms in total. The molecule has 0 heterocycles. The van der Waals surface area contributed by atoms with E-state index < -0.39 is 0 Å². The molecule has 106 valence electrons. The summed E-state index contributed by atoms with van der Waals surface area (Å²) in [4.78, 5) is 0. The van der Waals surface area contributed by atoms with Crippen molar-refractivity contribution < 1.29 is 5.11 Å². The van der Waals surface area contributed by atoms with E-state index in [-0.39, 0.29) is 6.04 Å². The molecule has 2 N–H and O–H groups in total. The number of hydrogen-bond donors (Lipinski definition) is 2. The van der Waals surface area contributed by atoms with Gasteiger partial charge in [0, 0.05) is 18.2 Å². The van der Waals surface area contributed by atoms with Gasteiger partial charge in [-0.05, 0) is 24.5 Å². The fourth-order valence-corrected chi connectivity index (χ4v) is 2.47. The molecular formula is C18H23NO. The lowest BCUT2D eigenvalue weighted by molar-refractivity contribution is 0.402. The topological polar surface area (TPSA) is 32.3 Å². The van der Waals surface area contributed by atoms with Gasteiger partial charge in [0.1, 0.15) is 5.75 Å². The van der Waals surface area contributed by atoms with E-state index in [2.05, 4.69) is 43.4 Å². The van der Waals surface area contributed by atoms with Crippen LogP contribution in [0, 0.1) is 12.8 Å². The Labute approximate surface area is 121 Å². The van der Waals surface area contributed by atoms with Gasteiger partial charge in [-0.2, -0.15) is 0 Å². The van der Waals surface area contributed by atoms with Crippen molar-refractivity contribution in [1.29, 1.82) is 0 Å². The standard InChI is InChI=1S/C18H23NO/c1-13(2)18(15-7-5-4-6-8-15)19-12-16-11-14(3)9-10-17(16)20/h4-11,13,18-20H,12H2,1-3H3. The van der Waals surface area contributed by atoms with Gasteiger partial charge in [-0.25, -0.2) is 0 Å². The van der Waals surface area contributed by atoms with Gasteiger partial charge in [0.2, 0.25) is 0 Å². The van der Waals surface area contributed by atoms with Crippen molar-refractivity contribution in [2.75, 3.05) is 0 Å². The second kappa shape index (κ2) is 6.58. The van der Waals surface area contributed by atoms with Crippen LogP contribution in [-0.2, 0) is 6.54 Å². The first-order valence-corrected chi connectivity index (χ1v) is 7.14. The SMILES string of the molecule is Cc1ccc(O)c(CNC(c2ccccc2)C(C)C)c1. The zero-order valence-electron chi connectivity index (χ0n) is 12.4. The summed E-state index contributed by atoms with van der Waals surface area (Å²) in [7, 11) is 0. The molecule has 0 saturated heterocycles. The first-order chi connectivity index (χ1) is 9.58. The first-order valence-electron chi connectivity index (χ1n) is 7.14. The minimum absolute atomic E-state index is 0.288. The fraction of sp³-hybridized carbons (Fsp3) is 0.333. The molecule has 0 aliphatic carbocycles. The normalized spacial score (nSPS) is 12.6. The molecule has 0 fully saturated rings. The van der Waals surface area contributed by atoms with E-state index in [0.29, 0.717) is 18.2 Å². The summed E-state index contributed by atoms with van der Waals surface area (Å²) >= 11 is 0. The van der Waals surface area contributed by atoms with Crippen LogP contribution in [-0.4, -0.2) is 5.11 Å². The Morgan fingerprint density at radius 2 is 1.75 bits per heavy atom. The zero-order valence-corrected chi connectivity index (χ0v) is 12.4. The molecule has 0 amide bonds. The average Bonchev–Trinajstić information content (AvgIpc) is 2.43. The van der Waals surface area contributed by atoms with Crippen molar-refractivity contribution in [2.45, 2.75) is 33.4 Å². The van der Waals surface area contributed by atoms with Gasteiger partial charge in [0.25, 0.3) is 0 Å². The van der Waals surface area contributed by atoms with Crippen LogP contribution in [0.5, 0.6) is 5.75 Å². The highest BCUT2D eigenvalue weighted by Gasteiger charge is 2.15. The number of rotatable bonds is 5. The number of phenolic OH excluding ortho intramolecular Hbond substituents is 1. The third-order valence-electron chi connectivity index (χ3n) is 3.57. The summed E-state index contributed by atoms with van der Waals surface area (Å²) < 4.78 is 0. The molecule has 0 aromatic heterocycles. The van der Waals surface area contributed by atoms with Gasteiger partial charge < -0.3 is 10.4 Å². The third-order valence-corrected chi connectivity index (χ3v) is 3.57. The van der Waals surface area contributed by atoms with Crippen LogP contribution in [0.15, 0.2) is 48.5 Å². The van der Waals surface area contributed by atoms with Gasteiger partial charge in [-0.15, -0.1) is 0 Å². The highest BCUT2D eigenvalue weighted by atomic mass is 16.3. The van der Waals surface area contributed by atoms with E-state index >= 15 is 0 Å². The third kappa shape index (κ3) is 3.61. The molecule has 0 aliphatic heterocycles. The largest absolute Gasteiger partial charge is 0.508 e. The maximum Gasteiger partial charge on any atom is 0.120 e. The van der Waals surface area contributed by atoms with Gasteiger partial charge in [0.15, 0.2) is 0 Å². The van der Waals surface area contributed by atoms with Crippen molar-refractivity contribution in [1.82, 2.24) is 5.32 Å². The molecule has 2 rings (SSSR count). The highest BCUT2D eigenvalue weighted by Crippen LogP contribution is 2.24. The van der Waals surface area contributed by atoms with Crippen molar-refractivity contribution in [3.63, 3.8) is 0 Å². The maximum absolute atomic E-state index is 9.92. The highest BCUT2D eigenvalue weighted by molar-refractivity contribution is 5.35. The number of hydrogen-bond acceptors (Lipinski definition) is 2. The smallest absolute Gasteiger partial charge is 0.120 e. The van der Waals surface area contributed by atoms with Gasteiger partial charge in [0.05, 0.1) is 0 Å². The summed E-state index contributed by atoms with van der Waals surface area (Å²) in [6.45, 7) is 7.13. The van der Waals surface area contributed by atoms with Crippen LogP contribution < -0.4 is 5.32 Å². The minimum atomic E-state index is 0.288. The van der Waals surface area contributed by atoms with Crippen LogP contribution in [0.1, 0.15) is 36.6 Å². The molecule has 0 aliphatic rings. The summed E-state index contributed by atoms with van der Waals surface area (Å²) in [6, 6.07) is 16.5. The average molecular weight is 269 g/mol. The van der Waals surface area contributed by atoms with E-state index in [4.69, 9.17) is 0 Å². The van der Waals surface area contributed by atoms with Crippen LogP contribution >= 0.6 is 0 Å². The Morgan fingerprint density at radius 1 is 1.05 bits per heavy atom. The van der Waals surface area contributed by atoms with Crippen molar-refractivity contribution >= 4 is 0 Å². The molecule has 20 heavy (non-hydrogen) atoms. The Bertz CT molecular complexity index is 549. The molecule has 2 aromatic rings. The van der Waals surface area contributed by atoms with Crippen molar-refractivity contribution in [3.8, 4) is 5.75 Å². The van der Waals surface area contributed by atoms with Crippen LogP contribution in [0.3, 0.4) is 0 Å². The molecule has 0 saturated carbocycles. The Morgan fingerprint density at radius 3 is 2.40 bits per heavy atom. The molecule has 2 heteroatoms. The van der Waals surface area contributed by atoms with Gasteiger partial charge in [-0.1, -0.05) is 61.9 Å². The predicted molar refractivity (Wildman–Crippen MR) is 83.7 cm³/mol. The molecule has 1 unspecified atom stereocenters. The number of nitrogens with one attached hydrogen (secondary N) is 1. The predicted octanol–water partition coefficient (Wildman–Crippen LogP) is 4.19. The monoisotopic (exact) mass is 269 g/mol. The summed E-state index contributed by atoms with van der Waals surface area (Å²) in [6.07, 6.45) is 0. The van der Waals surface area contributed by atoms with E-state index in [1.165, 1.54) is 11.1 Å². The summed E-state index contributed by atoms with van der Waals surface area (Å²) in [5.74, 6) is 0.850. The fourth-order valence-electron chi connectivity index (χ4n) is 2.47. The number of aromatic hydroxyl groups is 1. The lowest BCUT2D eigenvalue weighted by Gasteiger charge is -2.23. The number of aryl methyl sites for hydroxylation is 1. The molecule has 2 aromatic carbocycles. The van der Waals surface area contributed by atoms with Gasteiger partial charge in [-0.3, -0.25) is 0 Å². The molecule has 0 spiro atoms. The van der Waals surface area contributed by atoms with E-state index in [0.717, 1.165) is 5.56 Å². The molecular weight excluding hydrogens is 246 g/mol. The minimum Gasteiger partial charge on any atom is -0.508 e.